The molecule has 0 radical (unpaired) electrons. The molecule has 0 aliphatic rings. The highest BCUT2D eigenvalue weighted by molar-refractivity contribution is 7.95. The molecule has 220 valence electrons. The third kappa shape index (κ3) is 10.2. The van der Waals surface area contributed by atoms with Gasteiger partial charge in [0.2, 0.25) is 0 Å². The minimum Gasteiger partial charge on any atom is -1.00 e. The molecule has 0 amide bonds. The summed E-state index contributed by atoms with van der Waals surface area (Å²) in [7, 11) is -3.23. The molecule has 0 aromatic heterocycles. The Bertz CT molecular complexity index is 954. The van der Waals surface area contributed by atoms with Gasteiger partial charge in [-0.25, -0.2) is 0 Å². The van der Waals surface area contributed by atoms with Gasteiger partial charge in [0.05, 0.1) is 6.16 Å². The van der Waals surface area contributed by atoms with Crippen LogP contribution in [0.3, 0.4) is 0 Å². The standard InChI is InChI=1S/C36H54OPSi.BrH/c1-36(2,3)39(4,5)37-31-23-12-10-8-6-7-9-11-13-24-32-38(33-25-17-14-18-26-33,34-27-19-15-20-28-34)35-29-21-16-22-30-35;/h14-22,25-30H,6-13,23-24,31-32H2,1-5H3;1H/q+1;/p-1. The molecule has 0 heterocycles. The van der Waals surface area contributed by atoms with E-state index in [0.29, 0.717) is 5.04 Å². The van der Waals surface area contributed by atoms with Crippen molar-refractivity contribution < 1.29 is 21.4 Å². The largest absolute Gasteiger partial charge is 1.00 e. The Morgan fingerprint density at radius 2 is 0.850 bits per heavy atom. The van der Waals surface area contributed by atoms with Crippen LogP contribution in [0.15, 0.2) is 91.0 Å². The molecule has 0 spiro atoms. The molecule has 0 saturated carbocycles. The highest BCUT2D eigenvalue weighted by atomic mass is 79.9. The molecular formula is C36H54BrOPSi. The quantitative estimate of drug-likeness (QED) is 0.0885. The third-order valence-electron chi connectivity index (χ3n) is 8.75. The van der Waals surface area contributed by atoms with Crippen LogP contribution in [0.2, 0.25) is 18.1 Å². The smallest absolute Gasteiger partial charge is 0.191 e. The van der Waals surface area contributed by atoms with Crippen molar-refractivity contribution in [2.24, 2.45) is 0 Å². The summed E-state index contributed by atoms with van der Waals surface area (Å²) in [6.45, 7) is 12.7. The van der Waals surface area contributed by atoms with Crippen molar-refractivity contribution >= 4 is 31.5 Å². The second-order valence-corrected chi connectivity index (χ2v) is 21.1. The van der Waals surface area contributed by atoms with E-state index in [2.05, 4.69) is 125 Å². The van der Waals surface area contributed by atoms with Crippen LogP contribution in [-0.4, -0.2) is 21.1 Å². The van der Waals surface area contributed by atoms with Crippen LogP contribution in [0.1, 0.15) is 85.0 Å². The molecule has 3 aromatic carbocycles. The highest BCUT2D eigenvalue weighted by Gasteiger charge is 2.44. The fourth-order valence-corrected chi connectivity index (χ4v) is 10.8. The summed E-state index contributed by atoms with van der Waals surface area (Å²) in [6.07, 6.45) is 14.7. The second-order valence-electron chi connectivity index (χ2n) is 12.7. The molecular weight excluding hydrogens is 587 g/mol. The lowest BCUT2D eigenvalue weighted by Gasteiger charge is -2.36. The maximum absolute atomic E-state index is 6.33. The molecule has 3 rings (SSSR count). The van der Waals surface area contributed by atoms with Crippen LogP contribution in [0.4, 0.5) is 0 Å². The molecule has 4 heteroatoms. The molecule has 0 N–H and O–H groups in total. The molecule has 0 aliphatic heterocycles. The average Bonchev–Trinajstić information content (AvgIpc) is 2.94. The van der Waals surface area contributed by atoms with Crippen LogP contribution in [0, 0.1) is 0 Å². The molecule has 40 heavy (non-hydrogen) atoms. The van der Waals surface area contributed by atoms with Gasteiger partial charge >= 0.3 is 0 Å². The van der Waals surface area contributed by atoms with Crippen LogP contribution in [0.5, 0.6) is 0 Å². The second kappa shape index (κ2) is 17.6. The van der Waals surface area contributed by atoms with E-state index in [1.165, 1.54) is 86.3 Å². The van der Waals surface area contributed by atoms with E-state index in [1.54, 1.807) is 0 Å². The van der Waals surface area contributed by atoms with Crippen LogP contribution in [-0.2, 0) is 4.43 Å². The Kier molecular flexibility index (Phi) is 15.4. The number of halogens is 1. The summed E-state index contributed by atoms with van der Waals surface area (Å²) < 4.78 is 6.33. The molecule has 3 aromatic rings. The molecule has 0 fully saturated rings. The maximum atomic E-state index is 6.33. The zero-order chi connectivity index (χ0) is 28.0. The van der Waals surface area contributed by atoms with Crippen molar-refractivity contribution in [1.29, 1.82) is 0 Å². The first-order chi connectivity index (χ1) is 18.8. The maximum Gasteiger partial charge on any atom is 0.191 e. The van der Waals surface area contributed by atoms with Crippen molar-refractivity contribution in [1.82, 2.24) is 0 Å². The zero-order valence-electron chi connectivity index (χ0n) is 25.9. The first kappa shape index (κ1) is 34.9. The van der Waals surface area contributed by atoms with Crippen molar-refractivity contribution in [3.63, 3.8) is 0 Å². The van der Waals surface area contributed by atoms with E-state index < -0.39 is 15.6 Å². The Balaban J connectivity index is 0.00000560. The molecule has 0 bridgehead atoms. The molecule has 0 aliphatic carbocycles. The van der Waals surface area contributed by atoms with E-state index in [-0.39, 0.29) is 17.0 Å². The number of hydrogen-bond acceptors (Lipinski definition) is 1. The van der Waals surface area contributed by atoms with Gasteiger partial charge in [0.25, 0.3) is 0 Å². The van der Waals surface area contributed by atoms with Gasteiger partial charge in [-0.05, 0) is 73.8 Å². The Morgan fingerprint density at radius 3 is 1.20 bits per heavy atom. The van der Waals surface area contributed by atoms with Gasteiger partial charge in [0, 0.05) is 6.61 Å². The Labute approximate surface area is 258 Å². The predicted octanol–water partition coefficient (Wildman–Crippen LogP) is 6.91. The van der Waals surface area contributed by atoms with Gasteiger partial charge in [-0.2, -0.15) is 0 Å². The Morgan fingerprint density at radius 1 is 0.525 bits per heavy atom. The first-order valence-electron chi connectivity index (χ1n) is 15.5. The van der Waals surface area contributed by atoms with Crippen molar-refractivity contribution in [3.8, 4) is 0 Å². The van der Waals surface area contributed by atoms with Crippen molar-refractivity contribution in [3.05, 3.63) is 91.0 Å². The summed E-state index contributed by atoms with van der Waals surface area (Å²) >= 11 is 0. The SMILES string of the molecule is CC(C)(C)[Si](C)(C)OCCCCCCCCCCCC[P+](c1ccccc1)(c1ccccc1)c1ccccc1.[Br-]. The van der Waals surface area contributed by atoms with Gasteiger partial charge in [-0.15, -0.1) is 0 Å². The summed E-state index contributed by atoms with van der Waals surface area (Å²) in [5.74, 6) is 0. The van der Waals surface area contributed by atoms with Gasteiger partial charge in [-0.1, -0.05) is 120 Å². The molecule has 0 saturated heterocycles. The monoisotopic (exact) mass is 640 g/mol. The number of benzene rings is 3. The summed E-state index contributed by atoms with van der Waals surface area (Å²) in [6, 6.07) is 34.0. The van der Waals surface area contributed by atoms with Gasteiger partial charge < -0.3 is 21.4 Å². The molecule has 0 atom stereocenters. The Hall–Kier alpha value is -1.25. The number of hydrogen-bond donors (Lipinski definition) is 0. The first-order valence-corrected chi connectivity index (χ1v) is 20.3. The lowest BCUT2D eigenvalue weighted by atomic mass is 10.1. The summed E-state index contributed by atoms with van der Waals surface area (Å²) in [4.78, 5) is 0. The average molecular weight is 642 g/mol. The van der Waals surface area contributed by atoms with E-state index >= 15 is 0 Å². The predicted molar refractivity (Wildman–Crippen MR) is 179 cm³/mol. The lowest BCUT2D eigenvalue weighted by Crippen LogP contribution is -3.00. The van der Waals surface area contributed by atoms with E-state index in [1.807, 2.05) is 0 Å². The highest BCUT2D eigenvalue weighted by Crippen LogP contribution is 2.56. The fourth-order valence-electron chi connectivity index (χ4n) is 5.29. The minimum absolute atomic E-state index is 0. The van der Waals surface area contributed by atoms with Crippen LogP contribution >= 0.6 is 7.26 Å². The van der Waals surface area contributed by atoms with E-state index in [9.17, 15) is 0 Å². The zero-order valence-corrected chi connectivity index (χ0v) is 29.4. The van der Waals surface area contributed by atoms with Gasteiger partial charge in [0.15, 0.2) is 8.32 Å². The van der Waals surface area contributed by atoms with Gasteiger partial charge in [-0.3, -0.25) is 0 Å². The number of rotatable bonds is 17. The van der Waals surface area contributed by atoms with Crippen molar-refractivity contribution in [2.75, 3.05) is 12.8 Å². The molecule has 1 nitrogen and oxygen atoms in total. The lowest BCUT2D eigenvalue weighted by molar-refractivity contribution is -0.00000916. The van der Waals surface area contributed by atoms with Gasteiger partial charge in [0.1, 0.15) is 23.2 Å². The minimum atomic E-state index is -1.66. The molecule has 0 unspecified atom stereocenters. The normalized spacial score (nSPS) is 12.2. The van der Waals surface area contributed by atoms with E-state index in [4.69, 9.17) is 4.43 Å². The fraction of sp³-hybridized carbons (Fsp3) is 0.500. The topological polar surface area (TPSA) is 9.23 Å². The third-order valence-corrected chi connectivity index (χ3v) is 17.8. The van der Waals surface area contributed by atoms with Crippen molar-refractivity contribution in [2.45, 2.75) is 103 Å². The van der Waals surface area contributed by atoms with Crippen LogP contribution < -0.4 is 32.9 Å². The van der Waals surface area contributed by atoms with Crippen LogP contribution in [0.25, 0.3) is 0 Å². The summed E-state index contributed by atoms with van der Waals surface area (Å²) in [5, 5.41) is 4.85. The number of unbranched alkanes of at least 4 members (excludes halogenated alkanes) is 9. The van der Waals surface area contributed by atoms with E-state index in [0.717, 1.165) is 6.61 Å². The summed E-state index contributed by atoms with van der Waals surface area (Å²) in [5.41, 5.74) is 0.